The molecule has 1 aromatic carbocycles. The number of rotatable bonds is 4. The maximum absolute atomic E-state index is 3.66. The molecule has 0 aromatic heterocycles. The van der Waals surface area contributed by atoms with E-state index in [2.05, 4.69) is 49.9 Å². The van der Waals surface area contributed by atoms with Gasteiger partial charge in [-0.2, -0.15) is 0 Å². The molecule has 0 spiro atoms. The average molecular weight is 202 g/mol. The maximum Gasteiger partial charge on any atom is -0.0226 e. The highest BCUT2D eigenvalue weighted by molar-refractivity contribution is 7.52. The highest BCUT2D eigenvalue weighted by Crippen LogP contribution is 2.23. The predicted molar refractivity (Wildman–Crippen MR) is 67.5 cm³/mol. The molecule has 0 aliphatic heterocycles. The number of hydrogen-bond acceptors (Lipinski definition) is 0. The number of allylic oxidation sites excluding steroid dienone is 5. The predicted octanol–water partition coefficient (Wildman–Crippen LogP) is 3.64. The van der Waals surface area contributed by atoms with Crippen LogP contribution in [0.1, 0.15) is 6.92 Å². The Hall–Kier alpha value is -1.13. The molecule has 1 aromatic rings. The minimum absolute atomic E-state index is 0.732. The Bertz CT molecular complexity index is 334. The molecule has 14 heavy (non-hydrogen) atoms. The van der Waals surface area contributed by atoms with Crippen LogP contribution in [0.4, 0.5) is 0 Å². The number of hydrogen-bond donors (Lipinski definition) is 0. The van der Waals surface area contributed by atoms with Crippen LogP contribution >= 0.6 is 8.58 Å². The average Bonchev–Trinajstić information content (AvgIpc) is 2.25. The van der Waals surface area contributed by atoms with E-state index >= 15 is 0 Å². The first-order chi connectivity index (χ1) is 6.86. The van der Waals surface area contributed by atoms with Crippen molar-refractivity contribution in [1.29, 1.82) is 0 Å². The fourth-order valence-corrected chi connectivity index (χ4v) is 2.09. The van der Waals surface area contributed by atoms with Gasteiger partial charge in [-0.1, -0.05) is 69.8 Å². The van der Waals surface area contributed by atoms with Gasteiger partial charge in [0.15, 0.2) is 0 Å². The smallest absolute Gasteiger partial charge is 0.0226 e. The van der Waals surface area contributed by atoms with Gasteiger partial charge in [0.25, 0.3) is 0 Å². The summed E-state index contributed by atoms with van der Waals surface area (Å²) >= 11 is 0. The summed E-state index contributed by atoms with van der Waals surface area (Å²) in [5.41, 5.74) is 0. The molecule has 0 aliphatic rings. The van der Waals surface area contributed by atoms with Crippen LogP contribution < -0.4 is 5.30 Å². The second kappa shape index (κ2) is 6.34. The van der Waals surface area contributed by atoms with Gasteiger partial charge in [-0.25, -0.2) is 0 Å². The van der Waals surface area contributed by atoms with Crippen LogP contribution in [0.15, 0.2) is 66.5 Å². The summed E-state index contributed by atoms with van der Waals surface area (Å²) in [6.07, 6.45) is 8.04. The first-order valence-corrected chi connectivity index (χ1v) is 5.64. The number of benzene rings is 1. The zero-order valence-corrected chi connectivity index (χ0v) is 9.40. The molecule has 0 nitrogen and oxygen atoms in total. The lowest BCUT2D eigenvalue weighted by Gasteiger charge is -2.01. The Morgan fingerprint density at radius 2 is 2.00 bits per heavy atom. The standard InChI is InChI=1S/C13H15P/c1-3-5-9-12(4-2)14-13-10-7-6-8-11-13/h3-11,14H,1H2,2H3/b9-5-,12-4+. The topological polar surface area (TPSA) is 0 Å². The molecule has 0 heterocycles. The zero-order valence-electron chi connectivity index (χ0n) is 8.40. The second-order valence-electron chi connectivity index (χ2n) is 2.83. The van der Waals surface area contributed by atoms with Gasteiger partial charge >= 0.3 is 0 Å². The molecular weight excluding hydrogens is 187 g/mol. The highest BCUT2D eigenvalue weighted by Gasteiger charge is 1.93. The van der Waals surface area contributed by atoms with Crippen molar-refractivity contribution in [3.8, 4) is 0 Å². The minimum atomic E-state index is 0.732. The van der Waals surface area contributed by atoms with Crippen LogP contribution in [0.3, 0.4) is 0 Å². The van der Waals surface area contributed by atoms with Crippen molar-refractivity contribution < 1.29 is 0 Å². The largest absolute Gasteiger partial charge is 0.0991 e. The van der Waals surface area contributed by atoms with Gasteiger partial charge in [-0.3, -0.25) is 0 Å². The van der Waals surface area contributed by atoms with Crippen molar-refractivity contribution in [3.05, 3.63) is 66.5 Å². The lowest BCUT2D eigenvalue weighted by molar-refractivity contribution is 1.69. The van der Waals surface area contributed by atoms with Crippen molar-refractivity contribution in [2.24, 2.45) is 0 Å². The van der Waals surface area contributed by atoms with Gasteiger partial charge in [0.2, 0.25) is 0 Å². The van der Waals surface area contributed by atoms with Crippen LogP contribution in [-0.2, 0) is 0 Å². The lowest BCUT2D eigenvalue weighted by Crippen LogP contribution is -1.90. The summed E-state index contributed by atoms with van der Waals surface area (Å²) in [5.74, 6) is 0. The van der Waals surface area contributed by atoms with Crippen molar-refractivity contribution in [2.45, 2.75) is 6.92 Å². The van der Waals surface area contributed by atoms with Crippen molar-refractivity contribution in [1.82, 2.24) is 0 Å². The lowest BCUT2D eigenvalue weighted by atomic mass is 10.4. The Balaban J connectivity index is 2.67. The molecule has 0 saturated heterocycles. The zero-order chi connectivity index (χ0) is 10.2. The molecule has 0 aliphatic carbocycles. The monoisotopic (exact) mass is 202 g/mol. The van der Waals surface area contributed by atoms with Gasteiger partial charge in [0, 0.05) is 0 Å². The fraction of sp³-hybridized carbons (Fsp3) is 0.0769. The Kier molecular flexibility index (Phi) is 4.96. The first kappa shape index (κ1) is 10.9. The third kappa shape index (κ3) is 3.72. The van der Waals surface area contributed by atoms with Crippen LogP contribution in [0, 0.1) is 0 Å². The SMILES string of the molecule is C=C/C=C\C(=C/C)Pc1ccccc1. The highest BCUT2D eigenvalue weighted by atomic mass is 31.1. The quantitative estimate of drug-likeness (QED) is 0.516. The van der Waals surface area contributed by atoms with Gasteiger partial charge in [0.05, 0.1) is 0 Å². The summed E-state index contributed by atoms with van der Waals surface area (Å²) in [5, 5.41) is 2.71. The normalized spacial score (nSPS) is 12.8. The Morgan fingerprint density at radius 3 is 2.57 bits per heavy atom. The van der Waals surface area contributed by atoms with E-state index < -0.39 is 0 Å². The van der Waals surface area contributed by atoms with E-state index in [1.54, 1.807) is 6.08 Å². The fourth-order valence-electron chi connectivity index (χ4n) is 1.07. The molecule has 1 heteroatoms. The summed E-state index contributed by atoms with van der Waals surface area (Å²) < 4.78 is 0. The molecule has 1 atom stereocenters. The van der Waals surface area contributed by atoms with E-state index in [9.17, 15) is 0 Å². The molecule has 1 unspecified atom stereocenters. The van der Waals surface area contributed by atoms with Crippen molar-refractivity contribution in [2.75, 3.05) is 0 Å². The van der Waals surface area contributed by atoms with E-state index in [0.717, 1.165) is 8.58 Å². The molecule has 1 rings (SSSR count). The Morgan fingerprint density at radius 1 is 1.29 bits per heavy atom. The molecular formula is C13H15P. The molecule has 72 valence electrons. The van der Waals surface area contributed by atoms with Crippen molar-refractivity contribution in [3.63, 3.8) is 0 Å². The third-order valence-corrected chi connectivity index (χ3v) is 3.15. The van der Waals surface area contributed by atoms with Gasteiger partial charge < -0.3 is 0 Å². The maximum atomic E-state index is 3.66. The molecule has 0 N–H and O–H groups in total. The van der Waals surface area contributed by atoms with E-state index in [0.29, 0.717) is 0 Å². The Labute approximate surface area is 87.8 Å². The molecule has 0 saturated carbocycles. The molecule has 0 amide bonds. The van der Waals surface area contributed by atoms with E-state index in [-0.39, 0.29) is 0 Å². The van der Waals surface area contributed by atoms with Crippen LogP contribution in [0.5, 0.6) is 0 Å². The van der Waals surface area contributed by atoms with Gasteiger partial charge in [-0.05, 0) is 17.5 Å². The van der Waals surface area contributed by atoms with E-state index in [1.807, 2.05) is 12.1 Å². The second-order valence-corrected chi connectivity index (χ2v) is 4.23. The molecule has 0 radical (unpaired) electrons. The summed E-state index contributed by atoms with van der Waals surface area (Å²) in [6.45, 7) is 5.73. The van der Waals surface area contributed by atoms with Gasteiger partial charge in [-0.15, -0.1) is 0 Å². The first-order valence-electron chi connectivity index (χ1n) is 4.64. The van der Waals surface area contributed by atoms with Crippen LogP contribution in [0.2, 0.25) is 0 Å². The van der Waals surface area contributed by atoms with E-state index in [1.165, 1.54) is 10.6 Å². The van der Waals surface area contributed by atoms with Crippen LogP contribution in [0.25, 0.3) is 0 Å². The summed E-state index contributed by atoms with van der Waals surface area (Å²) in [7, 11) is 0.732. The van der Waals surface area contributed by atoms with E-state index in [4.69, 9.17) is 0 Å². The summed E-state index contributed by atoms with van der Waals surface area (Å²) in [4.78, 5) is 0. The van der Waals surface area contributed by atoms with Crippen molar-refractivity contribution >= 4 is 13.9 Å². The molecule has 0 fully saturated rings. The van der Waals surface area contributed by atoms with Crippen LogP contribution in [-0.4, -0.2) is 0 Å². The summed E-state index contributed by atoms with van der Waals surface area (Å²) in [6, 6.07) is 10.5. The minimum Gasteiger partial charge on any atom is -0.0991 e. The molecule has 0 bridgehead atoms. The van der Waals surface area contributed by atoms with Gasteiger partial charge in [0.1, 0.15) is 0 Å². The third-order valence-electron chi connectivity index (χ3n) is 1.79.